The fraction of sp³-hybridized carbons (Fsp3) is 0.286. The van der Waals surface area contributed by atoms with E-state index in [1.165, 1.54) is 16.4 Å². The fourth-order valence-corrected chi connectivity index (χ4v) is 4.51. The molecule has 1 atom stereocenters. The van der Waals surface area contributed by atoms with Gasteiger partial charge in [-0.2, -0.15) is 0 Å². The number of likely N-dealkylation sites (tertiary alicyclic amines) is 1. The van der Waals surface area contributed by atoms with Crippen LogP contribution < -0.4 is 10.6 Å². The Labute approximate surface area is 173 Å². The van der Waals surface area contributed by atoms with Gasteiger partial charge in [-0.1, -0.05) is 54.2 Å². The average Bonchev–Trinajstić information content (AvgIpc) is 3.42. The summed E-state index contributed by atoms with van der Waals surface area (Å²) in [6.45, 7) is 1.59. The number of para-hydroxylation sites is 1. The lowest BCUT2D eigenvalue weighted by molar-refractivity contribution is -0.129. The van der Waals surface area contributed by atoms with Crippen LogP contribution in [0.3, 0.4) is 0 Å². The van der Waals surface area contributed by atoms with Gasteiger partial charge >= 0.3 is 0 Å². The Kier molecular flexibility index (Phi) is 5.71. The van der Waals surface area contributed by atoms with E-state index in [1.807, 2.05) is 59.5 Å². The summed E-state index contributed by atoms with van der Waals surface area (Å²) in [5.41, 5.74) is 1.68. The highest BCUT2D eigenvalue weighted by molar-refractivity contribution is 8.00. The number of thioether (sulfide) groups is 1. The van der Waals surface area contributed by atoms with Crippen molar-refractivity contribution in [1.29, 1.82) is 0 Å². The fourth-order valence-electron chi connectivity index (χ4n) is 3.47. The molecule has 150 valence electrons. The molecule has 29 heavy (non-hydrogen) atoms. The topological polar surface area (TPSA) is 86.3 Å². The van der Waals surface area contributed by atoms with Crippen LogP contribution in [0.5, 0.6) is 5.75 Å². The molecule has 1 amide bonds. The second-order valence-electron chi connectivity index (χ2n) is 6.82. The quantitative estimate of drug-likeness (QED) is 0.497. The molecular formula is C21H23N5O2S. The number of amides is 1. The number of hydrogen-bond acceptors (Lipinski definition) is 6. The normalized spacial score (nSPS) is 14.7. The Balaban J connectivity index is 1.66. The predicted octanol–water partition coefficient (Wildman–Crippen LogP) is 3.12. The minimum absolute atomic E-state index is 0.0838. The van der Waals surface area contributed by atoms with Crippen LogP contribution in [0.15, 0.2) is 59.8 Å². The van der Waals surface area contributed by atoms with Gasteiger partial charge in [0.1, 0.15) is 11.0 Å². The van der Waals surface area contributed by atoms with Gasteiger partial charge in [0.25, 0.3) is 0 Å². The Hall–Kier alpha value is -3.00. The maximum atomic E-state index is 13.2. The smallest absolute Gasteiger partial charge is 0.240 e. The number of nitrogen functional groups attached to an aromatic ring is 1. The first-order chi connectivity index (χ1) is 14.2. The predicted molar refractivity (Wildman–Crippen MR) is 113 cm³/mol. The van der Waals surface area contributed by atoms with Gasteiger partial charge in [0.05, 0.1) is 12.7 Å². The van der Waals surface area contributed by atoms with E-state index in [9.17, 15) is 4.79 Å². The van der Waals surface area contributed by atoms with Crippen LogP contribution >= 0.6 is 11.8 Å². The third-order valence-corrected chi connectivity index (χ3v) is 6.18. The number of rotatable bonds is 6. The van der Waals surface area contributed by atoms with Gasteiger partial charge in [-0.25, -0.2) is 4.68 Å². The summed E-state index contributed by atoms with van der Waals surface area (Å²) in [7, 11) is 1.60. The van der Waals surface area contributed by atoms with Crippen molar-refractivity contribution in [3.05, 3.63) is 60.2 Å². The molecule has 1 aliphatic rings. The number of methoxy groups -OCH3 is 1. The molecule has 1 aromatic heterocycles. The van der Waals surface area contributed by atoms with E-state index in [-0.39, 0.29) is 5.91 Å². The van der Waals surface area contributed by atoms with Crippen molar-refractivity contribution < 1.29 is 9.53 Å². The molecule has 0 unspecified atom stereocenters. The largest absolute Gasteiger partial charge is 0.496 e. The molecule has 0 spiro atoms. The number of benzene rings is 2. The lowest BCUT2D eigenvalue weighted by Gasteiger charge is -2.22. The molecule has 2 N–H and O–H groups in total. The number of nitrogens with two attached hydrogens (primary N) is 1. The van der Waals surface area contributed by atoms with Gasteiger partial charge in [-0.05, 0) is 30.5 Å². The lowest BCUT2D eigenvalue weighted by Crippen LogP contribution is -2.31. The van der Waals surface area contributed by atoms with E-state index in [1.54, 1.807) is 7.11 Å². The number of ether oxygens (including phenoxy) is 1. The second-order valence-corrected chi connectivity index (χ2v) is 7.89. The molecule has 0 aliphatic carbocycles. The zero-order chi connectivity index (χ0) is 20.2. The maximum absolute atomic E-state index is 13.2. The van der Waals surface area contributed by atoms with Crippen LogP contribution in [-0.4, -0.2) is 45.9 Å². The van der Waals surface area contributed by atoms with Crippen molar-refractivity contribution in [1.82, 2.24) is 19.8 Å². The van der Waals surface area contributed by atoms with E-state index in [0.29, 0.717) is 16.7 Å². The van der Waals surface area contributed by atoms with Crippen LogP contribution in [0.1, 0.15) is 23.7 Å². The highest BCUT2D eigenvalue weighted by atomic mass is 32.2. The SMILES string of the molecule is COc1ccccc1-c1nnc(S[C@H](C(=O)N2CCCC2)c2ccccc2)n1N. The van der Waals surface area contributed by atoms with Crippen LogP contribution in [0.2, 0.25) is 0 Å². The van der Waals surface area contributed by atoms with Gasteiger partial charge in [-0.15, -0.1) is 10.2 Å². The Morgan fingerprint density at radius 2 is 1.76 bits per heavy atom. The summed E-state index contributed by atoms with van der Waals surface area (Å²) in [4.78, 5) is 15.1. The molecule has 1 aliphatic heterocycles. The van der Waals surface area contributed by atoms with E-state index >= 15 is 0 Å². The van der Waals surface area contributed by atoms with Gasteiger partial charge in [-0.3, -0.25) is 4.79 Å². The molecule has 0 bridgehead atoms. The minimum Gasteiger partial charge on any atom is -0.496 e. The number of carbonyl (C=O) groups is 1. The van der Waals surface area contributed by atoms with Gasteiger partial charge in [0.15, 0.2) is 5.82 Å². The van der Waals surface area contributed by atoms with Crippen molar-refractivity contribution in [3.8, 4) is 17.1 Å². The number of hydrogen-bond donors (Lipinski definition) is 1. The highest BCUT2D eigenvalue weighted by Crippen LogP contribution is 2.38. The Bertz CT molecular complexity index is 986. The highest BCUT2D eigenvalue weighted by Gasteiger charge is 2.30. The molecule has 0 radical (unpaired) electrons. The van der Waals surface area contributed by atoms with Crippen molar-refractivity contribution in [2.24, 2.45) is 0 Å². The monoisotopic (exact) mass is 409 g/mol. The molecule has 7 nitrogen and oxygen atoms in total. The van der Waals surface area contributed by atoms with E-state index < -0.39 is 5.25 Å². The van der Waals surface area contributed by atoms with Crippen LogP contribution in [0.25, 0.3) is 11.4 Å². The van der Waals surface area contributed by atoms with Gasteiger partial charge < -0.3 is 15.5 Å². The van der Waals surface area contributed by atoms with Crippen molar-refractivity contribution >= 4 is 17.7 Å². The van der Waals surface area contributed by atoms with Crippen molar-refractivity contribution in [2.45, 2.75) is 23.2 Å². The van der Waals surface area contributed by atoms with Crippen molar-refractivity contribution in [3.63, 3.8) is 0 Å². The molecule has 1 saturated heterocycles. The standard InChI is InChI=1S/C21H23N5O2S/c1-28-17-12-6-5-11-16(17)19-23-24-21(26(19)22)29-18(15-9-3-2-4-10-15)20(27)25-13-7-8-14-25/h2-6,9-12,18H,7-8,13-14,22H2,1H3/t18-/m0/s1. The lowest BCUT2D eigenvalue weighted by atomic mass is 10.1. The zero-order valence-corrected chi connectivity index (χ0v) is 17.0. The Morgan fingerprint density at radius 3 is 2.48 bits per heavy atom. The minimum atomic E-state index is -0.425. The third-order valence-electron chi connectivity index (χ3n) is 4.98. The summed E-state index contributed by atoms with van der Waals surface area (Å²) >= 11 is 1.32. The first kappa shape index (κ1) is 19.3. The molecule has 8 heteroatoms. The first-order valence-electron chi connectivity index (χ1n) is 9.53. The molecule has 2 aromatic carbocycles. The third kappa shape index (κ3) is 3.93. The zero-order valence-electron chi connectivity index (χ0n) is 16.2. The number of nitrogens with zero attached hydrogens (tertiary/aromatic N) is 4. The first-order valence-corrected chi connectivity index (χ1v) is 10.4. The summed E-state index contributed by atoms with van der Waals surface area (Å²) in [5.74, 6) is 7.57. The molecular weight excluding hydrogens is 386 g/mol. The van der Waals surface area contributed by atoms with Crippen molar-refractivity contribution in [2.75, 3.05) is 26.0 Å². The molecule has 4 rings (SSSR count). The van der Waals surface area contributed by atoms with Crippen LogP contribution in [0.4, 0.5) is 0 Å². The maximum Gasteiger partial charge on any atom is 0.240 e. The van der Waals surface area contributed by atoms with E-state index in [2.05, 4.69) is 10.2 Å². The summed E-state index contributed by atoms with van der Waals surface area (Å²) in [6.07, 6.45) is 2.09. The summed E-state index contributed by atoms with van der Waals surface area (Å²) in [5, 5.41) is 8.58. The second kappa shape index (κ2) is 8.57. The van der Waals surface area contributed by atoms with Crippen LogP contribution in [0, 0.1) is 0 Å². The van der Waals surface area contributed by atoms with E-state index in [0.717, 1.165) is 37.1 Å². The summed E-state index contributed by atoms with van der Waals surface area (Å²) < 4.78 is 6.84. The average molecular weight is 410 g/mol. The molecule has 1 fully saturated rings. The number of aromatic nitrogens is 3. The number of carbonyl (C=O) groups excluding carboxylic acids is 1. The molecule has 0 saturated carbocycles. The summed E-state index contributed by atoms with van der Waals surface area (Å²) in [6, 6.07) is 17.2. The van der Waals surface area contributed by atoms with Gasteiger partial charge in [0.2, 0.25) is 11.1 Å². The Morgan fingerprint density at radius 1 is 1.07 bits per heavy atom. The van der Waals surface area contributed by atoms with Gasteiger partial charge in [0, 0.05) is 13.1 Å². The van der Waals surface area contributed by atoms with Crippen LogP contribution in [-0.2, 0) is 4.79 Å². The van der Waals surface area contributed by atoms with E-state index in [4.69, 9.17) is 10.6 Å². The molecule has 3 aromatic rings. The molecule has 2 heterocycles.